The maximum Gasteiger partial charge on any atom is 0.295 e. The van der Waals surface area contributed by atoms with Crippen molar-refractivity contribution in [3.8, 4) is 11.5 Å². The fraction of sp³-hybridized carbons (Fsp3) is 0.115. The van der Waals surface area contributed by atoms with Crippen molar-refractivity contribution in [3.63, 3.8) is 0 Å². The summed E-state index contributed by atoms with van der Waals surface area (Å²) >= 11 is 0. The second-order valence-corrected chi connectivity index (χ2v) is 7.78. The molecule has 0 radical (unpaired) electrons. The minimum Gasteiger partial charge on any atom is -0.504 e. The third-order valence-electron chi connectivity index (χ3n) is 5.85. The number of hydrogen-bond donors (Lipinski definition) is 1. The molecule has 7 nitrogen and oxygen atoms in total. The van der Waals surface area contributed by atoms with Crippen molar-refractivity contribution in [3.05, 3.63) is 99.4 Å². The SMILES string of the molecule is COc1cc(C2c3c(oc4ccccc4c3=O)C(=O)N2c2ccc(C(C)=O)cc2)ccc1O. The van der Waals surface area contributed by atoms with E-state index in [0.717, 1.165) is 0 Å². The van der Waals surface area contributed by atoms with Gasteiger partial charge in [-0.2, -0.15) is 0 Å². The van der Waals surface area contributed by atoms with E-state index in [-0.39, 0.29) is 34.0 Å². The zero-order valence-electron chi connectivity index (χ0n) is 17.9. The number of nitrogens with zero attached hydrogens (tertiary/aromatic N) is 1. The Hall–Kier alpha value is -4.39. The summed E-state index contributed by atoms with van der Waals surface area (Å²) in [7, 11) is 1.42. The van der Waals surface area contributed by atoms with Crippen LogP contribution in [-0.4, -0.2) is 23.9 Å². The molecule has 5 rings (SSSR count). The highest BCUT2D eigenvalue weighted by atomic mass is 16.5. The second kappa shape index (κ2) is 7.63. The molecule has 1 aliphatic heterocycles. The van der Waals surface area contributed by atoms with Gasteiger partial charge in [0.15, 0.2) is 22.7 Å². The van der Waals surface area contributed by atoms with E-state index >= 15 is 0 Å². The molecule has 1 aromatic heterocycles. The number of rotatable bonds is 4. The van der Waals surface area contributed by atoms with Crippen LogP contribution in [-0.2, 0) is 0 Å². The lowest BCUT2D eigenvalue weighted by molar-refractivity contribution is 0.0970. The summed E-state index contributed by atoms with van der Waals surface area (Å²) in [5, 5.41) is 10.4. The summed E-state index contributed by atoms with van der Waals surface area (Å²) in [5.41, 5.74) is 1.80. The number of aromatic hydroxyl groups is 1. The van der Waals surface area contributed by atoms with E-state index in [0.29, 0.717) is 27.8 Å². The minimum atomic E-state index is -0.814. The van der Waals surface area contributed by atoms with Gasteiger partial charge in [0.2, 0.25) is 5.76 Å². The Kier molecular flexibility index (Phi) is 4.74. The summed E-state index contributed by atoms with van der Waals surface area (Å²) in [6.45, 7) is 1.46. The highest BCUT2D eigenvalue weighted by Gasteiger charge is 2.43. The molecule has 7 heteroatoms. The van der Waals surface area contributed by atoms with Crippen molar-refractivity contribution in [2.75, 3.05) is 12.0 Å². The fourth-order valence-corrected chi connectivity index (χ4v) is 4.22. The standard InChI is InChI=1S/C26H19NO6/c1-14(28)15-7-10-17(11-8-15)27-23(16-9-12-19(29)21(13-16)32-2)22-24(30)18-5-3-4-6-20(18)33-25(22)26(27)31/h3-13,23,29H,1-2H3. The van der Waals surface area contributed by atoms with Gasteiger partial charge in [0, 0.05) is 11.3 Å². The molecule has 0 spiro atoms. The molecule has 0 aliphatic carbocycles. The number of Topliss-reactive ketones (excluding diaryl/α,β-unsaturated/α-hetero) is 1. The molecule has 3 aromatic carbocycles. The first-order valence-electron chi connectivity index (χ1n) is 10.3. The molecular formula is C26H19NO6. The van der Waals surface area contributed by atoms with Gasteiger partial charge in [-0.25, -0.2) is 0 Å². The van der Waals surface area contributed by atoms with Crippen molar-refractivity contribution >= 4 is 28.3 Å². The van der Waals surface area contributed by atoms with Crippen LogP contribution in [0, 0.1) is 0 Å². The second-order valence-electron chi connectivity index (χ2n) is 7.78. The number of benzene rings is 3. The number of methoxy groups -OCH3 is 1. The number of amides is 1. The van der Waals surface area contributed by atoms with Crippen molar-refractivity contribution in [2.45, 2.75) is 13.0 Å². The van der Waals surface area contributed by atoms with Crippen LogP contribution in [0.15, 0.2) is 75.9 Å². The van der Waals surface area contributed by atoms with Gasteiger partial charge in [0.25, 0.3) is 5.91 Å². The van der Waals surface area contributed by atoms with Crippen LogP contribution >= 0.6 is 0 Å². The Morgan fingerprint density at radius 1 is 1.03 bits per heavy atom. The van der Waals surface area contributed by atoms with E-state index in [1.807, 2.05) is 0 Å². The first kappa shape index (κ1) is 20.5. The number of fused-ring (bicyclic) bond motifs is 2. The molecule has 0 bridgehead atoms. The van der Waals surface area contributed by atoms with Crippen molar-refractivity contribution in [1.82, 2.24) is 0 Å². The van der Waals surface area contributed by atoms with Gasteiger partial charge in [-0.05, 0) is 61.0 Å². The number of ether oxygens (including phenoxy) is 1. The summed E-state index contributed by atoms with van der Waals surface area (Å²) in [6.07, 6.45) is 0. The van der Waals surface area contributed by atoms with Crippen LogP contribution < -0.4 is 15.1 Å². The maximum absolute atomic E-state index is 13.6. The van der Waals surface area contributed by atoms with Gasteiger partial charge in [-0.15, -0.1) is 0 Å². The summed E-state index contributed by atoms with van der Waals surface area (Å²) < 4.78 is 11.2. The van der Waals surface area contributed by atoms with E-state index < -0.39 is 11.9 Å². The van der Waals surface area contributed by atoms with Crippen LogP contribution in [0.2, 0.25) is 0 Å². The number of anilines is 1. The van der Waals surface area contributed by atoms with Crippen molar-refractivity contribution in [1.29, 1.82) is 0 Å². The average molecular weight is 441 g/mol. The molecule has 164 valence electrons. The number of carbonyl (C=O) groups is 2. The lowest BCUT2D eigenvalue weighted by Gasteiger charge is -2.25. The molecule has 1 N–H and O–H groups in total. The summed E-state index contributed by atoms with van der Waals surface area (Å²) in [6, 6.07) is 17.2. The predicted octanol–water partition coefficient (Wildman–Crippen LogP) is 4.46. The molecule has 2 heterocycles. The number of carbonyl (C=O) groups excluding carboxylic acids is 2. The third kappa shape index (κ3) is 3.17. The molecule has 1 atom stereocenters. The van der Waals surface area contributed by atoms with Gasteiger partial charge in [0.1, 0.15) is 5.58 Å². The number of para-hydroxylation sites is 1. The topological polar surface area (TPSA) is 97.0 Å². The third-order valence-corrected chi connectivity index (χ3v) is 5.85. The Morgan fingerprint density at radius 2 is 1.76 bits per heavy atom. The van der Waals surface area contributed by atoms with Crippen LogP contribution in [0.1, 0.15) is 45.0 Å². The Bertz CT molecular complexity index is 1490. The molecule has 4 aromatic rings. The summed E-state index contributed by atoms with van der Waals surface area (Å²) in [5.74, 6) is -0.452. The normalized spacial score (nSPS) is 15.0. The largest absolute Gasteiger partial charge is 0.504 e. The first-order chi connectivity index (χ1) is 15.9. The zero-order chi connectivity index (χ0) is 23.3. The first-order valence-corrected chi connectivity index (χ1v) is 10.3. The molecule has 1 aliphatic rings. The van der Waals surface area contributed by atoms with Gasteiger partial charge in [-0.3, -0.25) is 19.3 Å². The molecule has 0 saturated heterocycles. The van der Waals surface area contributed by atoms with E-state index in [2.05, 4.69) is 0 Å². The van der Waals surface area contributed by atoms with Crippen LogP contribution in [0.25, 0.3) is 11.0 Å². The number of ketones is 1. The highest BCUT2D eigenvalue weighted by molar-refractivity contribution is 6.11. The number of phenols is 1. The Balaban J connectivity index is 1.78. The van der Waals surface area contributed by atoms with E-state index in [4.69, 9.17) is 9.15 Å². The average Bonchev–Trinajstić information content (AvgIpc) is 3.12. The van der Waals surface area contributed by atoms with Gasteiger partial charge in [-0.1, -0.05) is 18.2 Å². The van der Waals surface area contributed by atoms with Crippen LogP contribution in [0.3, 0.4) is 0 Å². The predicted molar refractivity (Wildman–Crippen MR) is 122 cm³/mol. The lowest BCUT2D eigenvalue weighted by atomic mass is 9.97. The molecule has 0 fully saturated rings. The number of hydrogen-bond acceptors (Lipinski definition) is 6. The Morgan fingerprint density at radius 3 is 2.45 bits per heavy atom. The zero-order valence-corrected chi connectivity index (χ0v) is 17.9. The van der Waals surface area contributed by atoms with Crippen molar-refractivity contribution < 1.29 is 23.8 Å². The minimum absolute atomic E-state index is 0.0358. The van der Waals surface area contributed by atoms with Gasteiger partial charge < -0.3 is 14.3 Å². The quantitative estimate of drug-likeness (QED) is 0.470. The lowest BCUT2D eigenvalue weighted by Crippen LogP contribution is -2.29. The smallest absolute Gasteiger partial charge is 0.295 e. The van der Waals surface area contributed by atoms with Crippen LogP contribution in [0.5, 0.6) is 11.5 Å². The van der Waals surface area contributed by atoms with Gasteiger partial charge in [0.05, 0.1) is 24.1 Å². The maximum atomic E-state index is 13.6. The van der Waals surface area contributed by atoms with E-state index in [1.54, 1.807) is 60.7 Å². The van der Waals surface area contributed by atoms with Crippen molar-refractivity contribution in [2.24, 2.45) is 0 Å². The fourth-order valence-electron chi connectivity index (χ4n) is 4.22. The van der Waals surface area contributed by atoms with E-state index in [9.17, 15) is 19.5 Å². The monoisotopic (exact) mass is 441 g/mol. The number of phenolic OH excluding ortho intramolecular Hbond substituents is 1. The molecule has 1 amide bonds. The van der Waals surface area contributed by atoms with Crippen LogP contribution in [0.4, 0.5) is 5.69 Å². The Labute approximate surface area is 188 Å². The molecule has 33 heavy (non-hydrogen) atoms. The van der Waals surface area contributed by atoms with Gasteiger partial charge >= 0.3 is 0 Å². The molecule has 0 saturated carbocycles. The highest BCUT2D eigenvalue weighted by Crippen LogP contribution is 2.43. The van der Waals surface area contributed by atoms with E-state index in [1.165, 1.54) is 25.0 Å². The summed E-state index contributed by atoms with van der Waals surface area (Å²) in [4.78, 5) is 40.3. The molecule has 1 unspecified atom stereocenters. The molecular weight excluding hydrogens is 422 g/mol.